The molecular weight excluding hydrogens is 400 g/mol. The van der Waals surface area contributed by atoms with E-state index in [1.807, 2.05) is 13.8 Å². The summed E-state index contributed by atoms with van der Waals surface area (Å²) in [4.78, 5) is 37.0. The third kappa shape index (κ3) is 5.53. The van der Waals surface area contributed by atoms with Crippen LogP contribution in [-0.2, 0) is 0 Å². The molecule has 1 saturated carbocycles. The van der Waals surface area contributed by atoms with Crippen LogP contribution < -0.4 is 10.6 Å². The van der Waals surface area contributed by atoms with Crippen molar-refractivity contribution in [3.8, 4) is 0 Å². The summed E-state index contributed by atoms with van der Waals surface area (Å²) in [5, 5.41) is 7.92. The summed E-state index contributed by atoms with van der Waals surface area (Å²) in [5.41, 5.74) is 0.562. The lowest BCUT2D eigenvalue weighted by Crippen LogP contribution is -2.40. The van der Waals surface area contributed by atoms with Crippen molar-refractivity contribution in [2.45, 2.75) is 57.5 Å². The van der Waals surface area contributed by atoms with Crippen molar-refractivity contribution in [3.63, 3.8) is 0 Å². The van der Waals surface area contributed by atoms with Crippen LogP contribution in [0.1, 0.15) is 71.4 Å². The smallest absolute Gasteiger partial charge is 0.270 e. The SMILES string of the molecule is CC(C)C(NC(=O)c1cncnc1)c1nc(C(=O)NC2CCC(F)(F)CC2)cs1. The van der Waals surface area contributed by atoms with E-state index in [9.17, 15) is 18.4 Å². The average molecular weight is 423 g/mol. The number of amides is 2. The van der Waals surface area contributed by atoms with Gasteiger partial charge >= 0.3 is 0 Å². The van der Waals surface area contributed by atoms with E-state index in [1.54, 1.807) is 5.38 Å². The molecule has 1 unspecified atom stereocenters. The number of carbonyl (C=O) groups is 2. The van der Waals surface area contributed by atoms with Crippen molar-refractivity contribution in [1.82, 2.24) is 25.6 Å². The zero-order valence-corrected chi connectivity index (χ0v) is 17.0. The van der Waals surface area contributed by atoms with Gasteiger partial charge in [0.2, 0.25) is 5.92 Å². The highest BCUT2D eigenvalue weighted by Gasteiger charge is 2.35. The molecule has 0 spiro atoms. The van der Waals surface area contributed by atoms with Crippen LogP contribution >= 0.6 is 11.3 Å². The Hall–Kier alpha value is -2.49. The summed E-state index contributed by atoms with van der Waals surface area (Å²) in [5.74, 6) is -3.31. The molecule has 3 rings (SSSR count). The molecule has 0 bridgehead atoms. The van der Waals surface area contributed by atoms with Crippen molar-refractivity contribution in [3.05, 3.63) is 40.4 Å². The van der Waals surface area contributed by atoms with Gasteiger partial charge in [-0.25, -0.2) is 23.7 Å². The minimum atomic E-state index is -2.64. The number of alkyl halides is 2. The Morgan fingerprint density at radius 1 is 1.17 bits per heavy atom. The van der Waals surface area contributed by atoms with E-state index in [2.05, 4.69) is 25.6 Å². The second kappa shape index (κ2) is 8.89. The van der Waals surface area contributed by atoms with Gasteiger partial charge in [0.15, 0.2) is 0 Å². The minimum Gasteiger partial charge on any atom is -0.348 e. The molecular formula is C19H23F2N5O2S. The van der Waals surface area contributed by atoms with Crippen molar-refractivity contribution >= 4 is 23.2 Å². The highest BCUT2D eigenvalue weighted by Crippen LogP contribution is 2.33. The first-order valence-corrected chi connectivity index (χ1v) is 10.3. The maximum absolute atomic E-state index is 13.3. The summed E-state index contributed by atoms with van der Waals surface area (Å²) in [6, 6.07) is -0.659. The maximum Gasteiger partial charge on any atom is 0.270 e. The number of carbonyl (C=O) groups excluding carboxylic acids is 2. The molecule has 7 nitrogen and oxygen atoms in total. The standard InChI is InChI=1S/C19H23F2N5O2S/c1-11(2)15(26-16(27)12-7-22-10-23-8-12)18-25-14(9-29-18)17(28)24-13-3-5-19(20,21)6-4-13/h7-11,13,15H,3-6H2,1-2H3,(H,24,28)(H,26,27). The molecule has 1 atom stereocenters. The van der Waals surface area contributed by atoms with E-state index in [0.29, 0.717) is 10.6 Å². The van der Waals surface area contributed by atoms with Gasteiger partial charge in [-0.05, 0) is 18.8 Å². The van der Waals surface area contributed by atoms with Crippen LogP contribution in [0.2, 0.25) is 0 Å². The summed E-state index contributed by atoms with van der Waals surface area (Å²) in [7, 11) is 0. The Bertz CT molecular complexity index is 849. The fraction of sp³-hybridized carbons (Fsp3) is 0.526. The van der Waals surface area contributed by atoms with Crippen molar-refractivity contribution in [2.24, 2.45) is 5.92 Å². The van der Waals surface area contributed by atoms with Crippen molar-refractivity contribution < 1.29 is 18.4 Å². The topological polar surface area (TPSA) is 96.9 Å². The number of nitrogens with one attached hydrogen (secondary N) is 2. The Kier molecular flexibility index (Phi) is 6.51. The number of thiazole rings is 1. The van der Waals surface area contributed by atoms with E-state index >= 15 is 0 Å². The molecule has 0 aromatic carbocycles. The number of rotatable bonds is 6. The maximum atomic E-state index is 13.3. The minimum absolute atomic E-state index is 0.0335. The first-order valence-electron chi connectivity index (χ1n) is 9.45. The van der Waals surface area contributed by atoms with E-state index in [-0.39, 0.29) is 61.2 Å². The van der Waals surface area contributed by atoms with Gasteiger partial charge in [-0.15, -0.1) is 11.3 Å². The highest BCUT2D eigenvalue weighted by atomic mass is 32.1. The fourth-order valence-electron chi connectivity index (χ4n) is 3.13. The molecule has 1 fully saturated rings. The van der Waals surface area contributed by atoms with Crippen LogP contribution in [0.25, 0.3) is 0 Å². The monoisotopic (exact) mass is 423 g/mol. The quantitative estimate of drug-likeness (QED) is 0.743. The van der Waals surface area contributed by atoms with Crippen LogP contribution in [0, 0.1) is 5.92 Å². The van der Waals surface area contributed by atoms with E-state index in [1.165, 1.54) is 30.1 Å². The summed E-state index contributed by atoms with van der Waals surface area (Å²) < 4.78 is 26.5. The van der Waals surface area contributed by atoms with Crippen LogP contribution in [0.3, 0.4) is 0 Å². The summed E-state index contributed by atoms with van der Waals surface area (Å²) in [6.45, 7) is 3.88. The Morgan fingerprint density at radius 3 is 2.45 bits per heavy atom. The zero-order chi connectivity index (χ0) is 21.0. The molecule has 1 aliphatic carbocycles. The summed E-state index contributed by atoms with van der Waals surface area (Å²) >= 11 is 1.28. The third-order valence-electron chi connectivity index (χ3n) is 4.85. The molecule has 2 N–H and O–H groups in total. The highest BCUT2D eigenvalue weighted by molar-refractivity contribution is 7.09. The van der Waals surface area contributed by atoms with Crippen molar-refractivity contribution in [2.75, 3.05) is 0 Å². The van der Waals surface area contributed by atoms with Crippen LogP contribution in [0.5, 0.6) is 0 Å². The van der Waals surface area contributed by atoms with Gasteiger partial charge in [-0.3, -0.25) is 9.59 Å². The molecule has 2 aromatic heterocycles. The second-order valence-electron chi connectivity index (χ2n) is 7.50. The lowest BCUT2D eigenvalue weighted by molar-refractivity contribution is -0.0399. The average Bonchev–Trinajstić information content (AvgIpc) is 3.18. The number of halogens is 2. The van der Waals surface area contributed by atoms with Gasteiger partial charge in [0.05, 0.1) is 11.6 Å². The predicted molar refractivity (Wildman–Crippen MR) is 104 cm³/mol. The van der Waals surface area contributed by atoms with Gasteiger partial charge in [0, 0.05) is 36.7 Å². The first-order chi connectivity index (χ1) is 13.7. The Balaban J connectivity index is 1.64. The number of nitrogens with zero attached hydrogens (tertiary/aromatic N) is 3. The molecule has 10 heteroatoms. The molecule has 2 heterocycles. The first kappa shape index (κ1) is 21.2. The third-order valence-corrected chi connectivity index (χ3v) is 5.78. The molecule has 1 aliphatic rings. The molecule has 29 heavy (non-hydrogen) atoms. The molecule has 2 amide bonds. The number of hydrogen-bond acceptors (Lipinski definition) is 6. The fourth-order valence-corrected chi connectivity index (χ4v) is 4.15. The van der Waals surface area contributed by atoms with Gasteiger partial charge in [-0.1, -0.05) is 13.8 Å². The molecule has 0 saturated heterocycles. The van der Waals surface area contributed by atoms with Crippen LogP contribution in [0.4, 0.5) is 8.78 Å². The molecule has 0 radical (unpaired) electrons. The lowest BCUT2D eigenvalue weighted by Gasteiger charge is -2.28. The normalized spacial score (nSPS) is 17.7. The Labute approximate surface area is 171 Å². The van der Waals surface area contributed by atoms with Gasteiger partial charge < -0.3 is 10.6 Å². The molecule has 0 aliphatic heterocycles. The molecule has 156 valence electrons. The van der Waals surface area contributed by atoms with E-state index in [0.717, 1.165) is 0 Å². The summed E-state index contributed by atoms with van der Waals surface area (Å²) in [6.07, 6.45) is 4.26. The van der Waals surface area contributed by atoms with Gasteiger partial charge in [0.1, 0.15) is 17.0 Å². The second-order valence-corrected chi connectivity index (χ2v) is 8.39. The predicted octanol–water partition coefficient (Wildman–Crippen LogP) is 3.37. The van der Waals surface area contributed by atoms with Gasteiger partial charge in [-0.2, -0.15) is 0 Å². The van der Waals surface area contributed by atoms with Gasteiger partial charge in [0.25, 0.3) is 11.8 Å². The van der Waals surface area contributed by atoms with Crippen molar-refractivity contribution in [1.29, 1.82) is 0 Å². The lowest BCUT2D eigenvalue weighted by atomic mass is 9.92. The number of aromatic nitrogens is 3. The van der Waals surface area contributed by atoms with Crippen LogP contribution in [0.15, 0.2) is 24.1 Å². The molecule has 2 aromatic rings. The zero-order valence-electron chi connectivity index (χ0n) is 16.2. The van der Waals surface area contributed by atoms with E-state index < -0.39 is 5.92 Å². The van der Waals surface area contributed by atoms with Crippen LogP contribution in [-0.4, -0.2) is 38.7 Å². The largest absolute Gasteiger partial charge is 0.348 e. The number of hydrogen-bond donors (Lipinski definition) is 2. The van der Waals surface area contributed by atoms with E-state index in [4.69, 9.17) is 0 Å². The Morgan fingerprint density at radius 2 is 1.83 bits per heavy atom.